The third-order valence-corrected chi connectivity index (χ3v) is 7.78. The monoisotopic (exact) mass is 478 g/mol. The minimum Gasteiger partial charge on any atom is -0.378 e. The van der Waals surface area contributed by atoms with Gasteiger partial charge in [-0.1, -0.05) is 32.1 Å². The summed E-state index contributed by atoms with van der Waals surface area (Å²) in [4.78, 5) is 31.8. The molecular weight excluding hydrogens is 443 g/mol. The lowest BCUT2D eigenvalue weighted by molar-refractivity contribution is -0.384. The second kappa shape index (κ2) is 10.8. The molecule has 34 heavy (non-hydrogen) atoms. The Morgan fingerprint density at radius 3 is 2.59 bits per heavy atom. The zero-order valence-electron chi connectivity index (χ0n) is 19.5. The number of alkyl halides is 1. The van der Waals surface area contributed by atoms with Gasteiger partial charge in [0.15, 0.2) is 0 Å². The highest BCUT2D eigenvalue weighted by molar-refractivity contribution is 5.81. The SMILES string of the molecule is NC(=O)C1(CC2CCCCC2)CCC(Nc2nc(N[C@H]3CCOC[C@H]3F)ncc2[N+](=O)[O-])CC1. The molecule has 2 saturated carbocycles. The van der Waals surface area contributed by atoms with Crippen LogP contribution >= 0.6 is 0 Å². The Morgan fingerprint density at radius 1 is 1.21 bits per heavy atom. The van der Waals surface area contributed by atoms with Crippen LogP contribution in [0.3, 0.4) is 0 Å². The molecule has 3 aliphatic rings. The molecule has 4 rings (SSSR count). The molecule has 2 aliphatic carbocycles. The van der Waals surface area contributed by atoms with Gasteiger partial charge in [-0.3, -0.25) is 14.9 Å². The van der Waals surface area contributed by atoms with Crippen molar-refractivity contribution in [2.75, 3.05) is 23.8 Å². The Labute approximate surface area is 198 Å². The maximum absolute atomic E-state index is 14.1. The number of primary amides is 1. The molecule has 0 spiro atoms. The van der Waals surface area contributed by atoms with E-state index in [1.54, 1.807) is 0 Å². The Balaban J connectivity index is 1.42. The molecule has 1 saturated heterocycles. The van der Waals surface area contributed by atoms with Crippen LogP contribution in [0.5, 0.6) is 0 Å². The molecule has 10 nitrogen and oxygen atoms in total. The van der Waals surface area contributed by atoms with Gasteiger partial charge >= 0.3 is 5.69 Å². The van der Waals surface area contributed by atoms with E-state index in [0.29, 0.717) is 44.6 Å². The number of nitrogens with zero attached hydrogens (tertiary/aromatic N) is 3. The van der Waals surface area contributed by atoms with E-state index in [1.165, 1.54) is 19.3 Å². The predicted octanol–water partition coefficient (Wildman–Crippen LogP) is 3.72. The average molecular weight is 479 g/mol. The molecule has 0 radical (unpaired) electrons. The molecule has 1 aromatic heterocycles. The summed E-state index contributed by atoms with van der Waals surface area (Å²) in [6, 6.07) is -0.578. The molecule has 188 valence electrons. The van der Waals surface area contributed by atoms with Crippen molar-refractivity contribution in [3.63, 3.8) is 0 Å². The van der Waals surface area contributed by atoms with Crippen LogP contribution in [-0.2, 0) is 9.53 Å². The fraction of sp³-hybridized carbons (Fsp3) is 0.783. The third kappa shape index (κ3) is 5.73. The lowest BCUT2D eigenvalue weighted by Crippen LogP contribution is -2.44. The summed E-state index contributed by atoms with van der Waals surface area (Å²) >= 11 is 0. The van der Waals surface area contributed by atoms with Crippen molar-refractivity contribution in [3.05, 3.63) is 16.3 Å². The molecule has 0 unspecified atom stereocenters. The summed E-state index contributed by atoms with van der Waals surface area (Å²) in [5.41, 5.74) is 5.15. The van der Waals surface area contributed by atoms with E-state index in [-0.39, 0.29) is 36.0 Å². The molecular formula is C23H35FN6O4. The number of hydrogen-bond donors (Lipinski definition) is 3. The molecule has 2 heterocycles. The predicted molar refractivity (Wildman–Crippen MR) is 125 cm³/mol. The van der Waals surface area contributed by atoms with E-state index in [4.69, 9.17) is 10.5 Å². The number of ether oxygens (including phenoxy) is 1. The van der Waals surface area contributed by atoms with Gasteiger partial charge in [0.1, 0.15) is 12.4 Å². The minimum absolute atomic E-state index is 0.000297. The number of carbonyl (C=O) groups excluding carboxylic acids is 1. The largest absolute Gasteiger partial charge is 0.378 e. The number of nitro groups is 1. The van der Waals surface area contributed by atoms with Crippen LogP contribution in [0, 0.1) is 21.4 Å². The Hall–Kier alpha value is -2.56. The van der Waals surface area contributed by atoms with Gasteiger partial charge in [-0.15, -0.1) is 0 Å². The minimum atomic E-state index is -1.20. The first-order chi connectivity index (χ1) is 16.4. The van der Waals surface area contributed by atoms with Crippen molar-refractivity contribution in [1.82, 2.24) is 9.97 Å². The van der Waals surface area contributed by atoms with E-state index >= 15 is 0 Å². The number of nitrogens with two attached hydrogens (primary N) is 1. The van der Waals surface area contributed by atoms with Gasteiger partial charge in [0.2, 0.25) is 17.7 Å². The fourth-order valence-electron chi connectivity index (χ4n) is 5.72. The van der Waals surface area contributed by atoms with Crippen molar-refractivity contribution in [1.29, 1.82) is 0 Å². The summed E-state index contributed by atoms with van der Waals surface area (Å²) < 4.78 is 19.2. The van der Waals surface area contributed by atoms with Gasteiger partial charge in [0.05, 0.1) is 17.6 Å². The maximum atomic E-state index is 14.1. The van der Waals surface area contributed by atoms with Gasteiger partial charge in [0.25, 0.3) is 0 Å². The van der Waals surface area contributed by atoms with Gasteiger partial charge in [-0.2, -0.15) is 4.98 Å². The second-order valence-electron chi connectivity index (χ2n) is 10.1. The van der Waals surface area contributed by atoms with Gasteiger partial charge in [-0.05, 0) is 44.4 Å². The molecule has 0 aromatic carbocycles. The first kappa shape index (κ1) is 24.6. The number of rotatable bonds is 8. The molecule has 1 aromatic rings. The summed E-state index contributed by atoms with van der Waals surface area (Å²) in [7, 11) is 0. The Morgan fingerprint density at radius 2 is 1.94 bits per heavy atom. The molecule has 3 fully saturated rings. The van der Waals surface area contributed by atoms with E-state index in [0.717, 1.165) is 25.5 Å². The van der Waals surface area contributed by atoms with Crippen LogP contribution in [0.25, 0.3) is 0 Å². The molecule has 1 amide bonds. The van der Waals surface area contributed by atoms with Crippen molar-refractivity contribution >= 4 is 23.4 Å². The quantitative estimate of drug-likeness (QED) is 0.379. The molecule has 2 atom stereocenters. The molecule has 4 N–H and O–H groups in total. The standard InChI is InChI=1S/C23H35FN6O4/c24-17-14-34-11-8-18(17)28-22-26-13-19(30(32)33)20(29-22)27-16-6-9-23(10-7-16,21(25)31)12-15-4-2-1-3-5-15/h13,15-18H,1-12,14H2,(H2,25,31)(H2,26,27,28,29)/t16?,17-,18+,23?/m1/s1. The van der Waals surface area contributed by atoms with E-state index in [9.17, 15) is 19.3 Å². The molecule has 0 bridgehead atoms. The highest BCUT2D eigenvalue weighted by atomic mass is 19.1. The molecule has 1 aliphatic heterocycles. The smallest absolute Gasteiger partial charge is 0.329 e. The van der Waals surface area contributed by atoms with Crippen molar-refractivity contribution in [2.24, 2.45) is 17.1 Å². The maximum Gasteiger partial charge on any atom is 0.329 e. The summed E-state index contributed by atoms with van der Waals surface area (Å²) in [6.07, 6.45) is 9.92. The van der Waals surface area contributed by atoms with Crippen molar-refractivity contribution < 1.29 is 18.8 Å². The lowest BCUT2D eigenvalue weighted by atomic mass is 9.65. The number of halogens is 1. The topological polar surface area (TPSA) is 145 Å². The number of amides is 1. The number of carbonyl (C=O) groups is 1. The number of aromatic nitrogens is 2. The third-order valence-electron chi connectivity index (χ3n) is 7.78. The average Bonchev–Trinajstić information content (AvgIpc) is 2.82. The van der Waals surface area contributed by atoms with Crippen LogP contribution < -0.4 is 16.4 Å². The van der Waals surface area contributed by atoms with Gasteiger partial charge in [-0.25, -0.2) is 9.37 Å². The molecule has 11 heteroatoms. The lowest BCUT2D eigenvalue weighted by Gasteiger charge is -2.41. The Bertz CT molecular complexity index is 873. The van der Waals surface area contributed by atoms with Crippen molar-refractivity contribution in [3.8, 4) is 0 Å². The van der Waals surface area contributed by atoms with Crippen LogP contribution in [-0.4, -0.2) is 52.3 Å². The summed E-state index contributed by atoms with van der Waals surface area (Å²) in [5.74, 6) is 0.566. The summed E-state index contributed by atoms with van der Waals surface area (Å²) in [5, 5.41) is 17.7. The van der Waals surface area contributed by atoms with Crippen LogP contribution in [0.4, 0.5) is 21.8 Å². The number of hydrogen-bond acceptors (Lipinski definition) is 8. The fourth-order valence-corrected chi connectivity index (χ4v) is 5.72. The highest BCUT2D eigenvalue weighted by Crippen LogP contribution is 2.45. The summed E-state index contributed by atoms with van der Waals surface area (Å²) in [6.45, 7) is 0.432. The van der Waals surface area contributed by atoms with E-state index in [1.807, 2.05) is 0 Å². The zero-order valence-corrected chi connectivity index (χ0v) is 19.5. The van der Waals surface area contributed by atoms with E-state index in [2.05, 4.69) is 20.6 Å². The normalized spacial score (nSPS) is 30.4. The second-order valence-corrected chi connectivity index (χ2v) is 10.1. The van der Waals surface area contributed by atoms with Crippen LogP contribution in [0.2, 0.25) is 0 Å². The van der Waals surface area contributed by atoms with E-state index < -0.39 is 22.6 Å². The van der Waals surface area contributed by atoms with Gasteiger partial charge < -0.3 is 21.1 Å². The zero-order chi connectivity index (χ0) is 24.1. The first-order valence-electron chi connectivity index (χ1n) is 12.4. The highest BCUT2D eigenvalue weighted by Gasteiger charge is 2.42. The van der Waals surface area contributed by atoms with Gasteiger partial charge in [0, 0.05) is 18.1 Å². The first-order valence-corrected chi connectivity index (χ1v) is 12.4. The Kier molecular flexibility index (Phi) is 7.80. The van der Waals surface area contributed by atoms with Crippen LogP contribution in [0.1, 0.15) is 70.6 Å². The number of anilines is 2. The van der Waals surface area contributed by atoms with Crippen LogP contribution in [0.15, 0.2) is 6.20 Å². The van der Waals surface area contributed by atoms with Crippen molar-refractivity contribution in [2.45, 2.75) is 88.9 Å². The number of nitrogens with one attached hydrogen (secondary N) is 2.